The Kier molecular flexibility index (Phi) is 8.91. The van der Waals surface area contributed by atoms with Crippen LogP contribution in [0.4, 0.5) is 0 Å². The molecule has 4 heteroatoms. The predicted octanol–water partition coefficient (Wildman–Crippen LogP) is 2.29. The van der Waals surface area contributed by atoms with Crippen LogP contribution in [0, 0.1) is 16.7 Å². The second kappa shape index (κ2) is 8.98. The van der Waals surface area contributed by atoms with E-state index in [4.69, 9.17) is 0 Å². The Morgan fingerprint density at radius 1 is 0.800 bits per heavy atom. The molecule has 0 aliphatic heterocycles. The van der Waals surface area contributed by atoms with E-state index in [1.165, 1.54) is 38.5 Å². The summed E-state index contributed by atoms with van der Waals surface area (Å²) < 4.78 is 0. The van der Waals surface area contributed by atoms with Crippen LogP contribution in [0.15, 0.2) is 0 Å². The van der Waals surface area contributed by atoms with E-state index in [1.54, 1.807) is 27.7 Å². The molecule has 0 aromatic rings. The van der Waals surface area contributed by atoms with Gasteiger partial charge in [-0.05, 0) is 5.92 Å². The molecule has 0 heterocycles. The molecule has 1 saturated carbocycles. The van der Waals surface area contributed by atoms with Crippen molar-refractivity contribution in [2.45, 2.75) is 72.5 Å². The van der Waals surface area contributed by atoms with Gasteiger partial charge in [-0.15, -0.1) is 0 Å². The monoisotopic (exact) mass is 290 g/mol. The van der Waals surface area contributed by atoms with Crippen molar-refractivity contribution in [2.75, 3.05) is 13.2 Å². The minimum absolute atomic E-state index is 0.180. The second-order valence-corrected chi connectivity index (χ2v) is 7.01. The fourth-order valence-electron chi connectivity index (χ4n) is 2.51. The van der Waals surface area contributed by atoms with Crippen LogP contribution in [0.3, 0.4) is 0 Å². The van der Waals surface area contributed by atoms with E-state index in [2.05, 4.69) is 0 Å². The molecule has 1 atom stereocenters. The molecule has 1 aliphatic carbocycles. The van der Waals surface area contributed by atoms with E-state index in [0.717, 1.165) is 0 Å². The van der Waals surface area contributed by atoms with Gasteiger partial charge in [-0.25, -0.2) is 0 Å². The molecule has 1 rings (SSSR count). The average molecular weight is 290 g/mol. The Hall–Kier alpha value is -0.160. The van der Waals surface area contributed by atoms with E-state index < -0.39 is 17.1 Å². The summed E-state index contributed by atoms with van der Waals surface area (Å²) in [6, 6.07) is 0. The first-order valence-corrected chi connectivity index (χ1v) is 7.80. The summed E-state index contributed by atoms with van der Waals surface area (Å²) in [5, 5.41) is 36.7. The van der Waals surface area contributed by atoms with Crippen LogP contribution < -0.4 is 0 Å². The molecule has 0 radical (unpaired) electrons. The summed E-state index contributed by atoms with van der Waals surface area (Å²) in [5.74, 6) is -0.218. The lowest BCUT2D eigenvalue weighted by molar-refractivity contribution is -0.168. The molecule has 0 saturated heterocycles. The van der Waals surface area contributed by atoms with Crippen LogP contribution in [0.25, 0.3) is 0 Å². The van der Waals surface area contributed by atoms with Crippen molar-refractivity contribution in [3.63, 3.8) is 0 Å². The average Bonchev–Trinajstić information content (AvgIpc) is 2.47. The van der Waals surface area contributed by atoms with E-state index in [1.807, 2.05) is 0 Å². The Morgan fingerprint density at radius 2 is 1.10 bits per heavy atom. The molecule has 1 aliphatic rings. The Balaban J connectivity index is 0.000000493. The van der Waals surface area contributed by atoms with Gasteiger partial charge in [-0.2, -0.15) is 0 Å². The molecule has 0 spiro atoms. The normalized spacial score (nSPS) is 18.4. The van der Waals surface area contributed by atoms with Gasteiger partial charge in [0.2, 0.25) is 0 Å². The molecule has 0 aromatic heterocycles. The molecular weight excluding hydrogens is 256 g/mol. The third kappa shape index (κ3) is 5.68. The molecule has 0 bridgehead atoms. The number of aliphatic hydroxyl groups excluding tert-OH is 3. The van der Waals surface area contributed by atoms with Gasteiger partial charge in [0.1, 0.15) is 0 Å². The van der Waals surface area contributed by atoms with E-state index in [0.29, 0.717) is 0 Å². The first kappa shape index (κ1) is 19.8. The van der Waals surface area contributed by atoms with Crippen molar-refractivity contribution in [1.29, 1.82) is 0 Å². The molecule has 20 heavy (non-hydrogen) atoms. The Bertz CT molecular complexity index is 227. The maximum absolute atomic E-state index is 9.20. The third-order valence-electron chi connectivity index (χ3n) is 5.05. The largest absolute Gasteiger partial charge is 0.396 e. The van der Waals surface area contributed by atoms with Crippen LogP contribution in [0.1, 0.15) is 66.2 Å². The van der Waals surface area contributed by atoms with Crippen molar-refractivity contribution in [2.24, 2.45) is 16.7 Å². The number of hydrogen-bond acceptors (Lipinski definition) is 4. The van der Waals surface area contributed by atoms with Gasteiger partial charge < -0.3 is 20.4 Å². The molecule has 1 unspecified atom stereocenters. The van der Waals surface area contributed by atoms with E-state index in [9.17, 15) is 20.4 Å². The molecule has 4 nitrogen and oxygen atoms in total. The van der Waals surface area contributed by atoms with Gasteiger partial charge in [0.15, 0.2) is 6.29 Å². The lowest BCUT2D eigenvalue weighted by atomic mass is 9.65. The standard InChI is InChI=1S/C10H22O4.C6H12/c1-7(9(2,3)8(13)14)10(4,5-11)6-12;1-2-4-6-5-3-1/h7-8,11-14H,5-6H2,1-4H3;1-6H2. The maximum atomic E-state index is 9.20. The Labute approximate surface area is 123 Å². The summed E-state index contributed by atoms with van der Waals surface area (Å²) in [6.07, 6.45) is 7.54. The summed E-state index contributed by atoms with van der Waals surface area (Å²) in [4.78, 5) is 0. The summed E-state index contributed by atoms with van der Waals surface area (Å²) in [6.45, 7) is 6.56. The zero-order chi connectivity index (χ0) is 15.8. The molecular formula is C16H34O4. The summed E-state index contributed by atoms with van der Waals surface area (Å²) in [7, 11) is 0. The van der Waals surface area contributed by atoms with Crippen LogP contribution in [-0.2, 0) is 0 Å². The summed E-state index contributed by atoms with van der Waals surface area (Å²) >= 11 is 0. The first-order valence-electron chi connectivity index (χ1n) is 7.80. The SMILES string of the molecule is C1CCCCC1.CC(C(C)(CO)CO)C(C)(C)C(O)O. The van der Waals surface area contributed by atoms with Crippen molar-refractivity contribution in [3.8, 4) is 0 Å². The predicted molar refractivity (Wildman–Crippen MR) is 81.2 cm³/mol. The van der Waals surface area contributed by atoms with Gasteiger partial charge in [0.25, 0.3) is 0 Å². The highest BCUT2D eigenvalue weighted by atomic mass is 16.5. The van der Waals surface area contributed by atoms with Gasteiger partial charge in [0.05, 0.1) is 13.2 Å². The summed E-state index contributed by atoms with van der Waals surface area (Å²) in [5.41, 5.74) is -1.46. The second-order valence-electron chi connectivity index (χ2n) is 7.01. The number of hydrogen-bond donors (Lipinski definition) is 4. The highest BCUT2D eigenvalue weighted by molar-refractivity contribution is 4.89. The van der Waals surface area contributed by atoms with Gasteiger partial charge in [0, 0.05) is 10.8 Å². The first-order chi connectivity index (χ1) is 9.22. The molecule has 1 fully saturated rings. The van der Waals surface area contributed by atoms with Gasteiger partial charge in [-0.3, -0.25) is 0 Å². The minimum Gasteiger partial charge on any atom is -0.396 e. The van der Waals surface area contributed by atoms with Crippen LogP contribution in [0.2, 0.25) is 0 Å². The molecule has 0 aromatic carbocycles. The van der Waals surface area contributed by atoms with Crippen molar-refractivity contribution >= 4 is 0 Å². The molecule has 4 N–H and O–H groups in total. The molecule has 122 valence electrons. The molecule has 0 amide bonds. The minimum atomic E-state index is -1.46. The van der Waals surface area contributed by atoms with Crippen LogP contribution >= 0.6 is 0 Å². The van der Waals surface area contributed by atoms with Crippen molar-refractivity contribution in [1.82, 2.24) is 0 Å². The Morgan fingerprint density at radius 3 is 1.30 bits per heavy atom. The lowest BCUT2D eigenvalue weighted by Crippen LogP contribution is -2.46. The fourth-order valence-corrected chi connectivity index (χ4v) is 2.51. The van der Waals surface area contributed by atoms with E-state index >= 15 is 0 Å². The lowest BCUT2D eigenvalue weighted by Gasteiger charge is -2.43. The van der Waals surface area contributed by atoms with Crippen molar-refractivity contribution < 1.29 is 20.4 Å². The zero-order valence-corrected chi connectivity index (χ0v) is 13.6. The third-order valence-corrected chi connectivity index (χ3v) is 5.05. The highest BCUT2D eigenvalue weighted by Gasteiger charge is 2.43. The number of rotatable bonds is 5. The van der Waals surface area contributed by atoms with Crippen LogP contribution in [-0.4, -0.2) is 39.9 Å². The maximum Gasteiger partial charge on any atom is 0.156 e. The highest BCUT2D eigenvalue weighted by Crippen LogP contribution is 2.41. The van der Waals surface area contributed by atoms with Crippen LogP contribution in [0.5, 0.6) is 0 Å². The van der Waals surface area contributed by atoms with Crippen molar-refractivity contribution in [3.05, 3.63) is 0 Å². The number of aliphatic hydroxyl groups is 4. The van der Waals surface area contributed by atoms with E-state index in [-0.39, 0.29) is 19.1 Å². The quantitative estimate of drug-likeness (QED) is 0.586. The topological polar surface area (TPSA) is 80.9 Å². The smallest absolute Gasteiger partial charge is 0.156 e. The van der Waals surface area contributed by atoms with Gasteiger partial charge >= 0.3 is 0 Å². The zero-order valence-electron chi connectivity index (χ0n) is 13.6. The fraction of sp³-hybridized carbons (Fsp3) is 1.00. The van der Waals surface area contributed by atoms with Gasteiger partial charge in [-0.1, -0.05) is 66.2 Å².